The van der Waals surface area contributed by atoms with Crippen LogP contribution in [0.3, 0.4) is 0 Å². The molecule has 3 aromatic rings. The molecule has 90 valence electrons. The lowest BCUT2D eigenvalue weighted by molar-refractivity contribution is 1.01. The zero-order chi connectivity index (χ0) is 12.4. The topological polar surface area (TPSA) is 21.9 Å². The molecule has 1 N–H and O–H groups in total. The van der Waals surface area contributed by atoms with Gasteiger partial charge in [0.25, 0.3) is 0 Å². The summed E-state index contributed by atoms with van der Waals surface area (Å²) in [6, 6.07) is 23.1. The summed E-state index contributed by atoms with van der Waals surface area (Å²) >= 11 is 0. The van der Waals surface area contributed by atoms with Crippen molar-refractivity contribution in [3.63, 3.8) is 0 Å². The maximum Gasteiger partial charge on any atom is 0.0530 e. The third-order valence-electron chi connectivity index (χ3n) is 4.44. The van der Waals surface area contributed by atoms with Crippen molar-refractivity contribution < 1.29 is 0 Å². The van der Waals surface area contributed by atoms with Gasteiger partial charge in [0.05, 0.1) is 12.1 Å². The quantitative estimate of drug-likeness (QED) is 0.587. The fourth-order valence-corrected chi connectivity index (χ4v) is 3.52. The first-order valence-electron chi connectivity index (χ1n) is 6.80. The van der Waals surface area contributed by atoms with Gasteiger partial charge in [-0.3, -0.25) is 5.32 Å². The van der Waals surface area contributed by atoms with E-state index in [2.05, 4.69) is 66.0 Å². The molecule has 0 unspecified atom stereocenters. The molecular weight excluding hydrogens is 230 g/mol. The first kappa shape index (κ1) is 9.76. The van der Waals surface area contributed by atoms with E-state index in [9.17, 15) is 0 Å². The molecule has 1 nitrogen and oxygen atoms in total. The maximum atomic E-state index is 3.61. The molecule has 2 atom stereocenters. The Kier molecular flexibility index (Phi) is 1.67. The molecule has 0 saturated carbocycles. The smallest absolute Gasteiger partial charge is 0.0530 e. The minimum absolute atomic E-state index is 0.523. The van der Waals surface area contributed by atoms with Crippen LogP contribution in [0.5, 0.6) is 0 Å². The minimum Gasteiger partial charge on any atom is -0.300 e. The van der Waals surface area contributed by atoms with Crippen LogP contribution >= 0.6 is 0 Å². The second-order valence-electron chi connectivity index (χ2n) is 5.46. The van der Waals surface area contributed by atoms with Crippen molar-refractivity contribution >= 4 is 10.8 Å². The highest BCUT2D eigenvalue weighted by molar-refractivity contribution is 6.00. The lowest BCUT2D eigenvalue weighted by Gasteiger charge is -2.19. The standard InChI is InChI=1S/C18H13N/c1-2-6-12-11(5-1)9-10-15-16(12)13-7-3-4-8-14(13)17-18(15)19-17/h1-10,17-19H/t17-,18+/m0/s1. The first-order valence-corrected chi connectivity index (χ1v) is 6.80. The Morgan fingerprint density at radius 3 is 2.47 bits per heavy atom. The van der Waals surface area contributed by atoms with Crippen molar-refractivity contribution in [1.29, 1.82) is 0 Å². The van der Waals surface area contributed by atoms with Crippen LogP contribution in [0.15, 0.2) is 60.7 Å². The number of hydrogen-bond donors (Lipinski definition) is 1. The molecular formula is C18H13N. The average molecular weight is 243 g/mol. The molecule has 2 aliphatic rings. The second-order valence-corrected chi connectivity index (χ2v) is 5.46. The van der Waals surface area contributed by atoms with Gasteiger partial charge in [-0.1, -0.05) is 60.7 Å². The maximum absolute atomic E-state index is 3.61. The number of benzene rings is 3. The van der Waals surface area contributed by atoms with E-state index >= 15 is 0 Å². The summed E-state index contributed by atoms with van der Waals surface area (Å²) in [5.74, 6) is 0. The van der Waals surface area contributed by atoms with Crippen LogP contribution < -0.4 is 5.32 Å². The van der Waals surface area contributed by atoms with E-state index in [0.717, 1.165) is 0 Å². The van der Waals surface area contributed by atoms with Crippen LogP contribution in [0.4, 0.5) is 0 Å². The minimum atomic E-state index is 0.523. The summed E-state index contributed by atoms with van der Waals surface area (Å²) in [5.41, 5.74) is 5.75. The van der Waals surface area contributed by atoms with Crippen LogP contribution in [0, 0.1) is 0 Å². The highest BCUT2D eigenvalue weighted by Gasteiger charge is 2.45. The lowest BCUT2D eigenvalue weighted by Crippen LogP contribution is -1.99. The largest absolute Gasteiger partial charge is 0.300 e. The van der Waals surface area contributed by atoms with E-state index in [1.165, 1.54) is 33.0 Å². The molecule has 0 bridgehead atoms. The van der Waals surface area contributed by atoms with Crippen molar-refractivity contribution in [1.82, 2.24) is 5.32 Å². The van der Waals surface area contributed by atoms with Crippen LogP contribution in [-0.4, -0.2) is 0 Å². The fraction of sp³-hybridized carbons (Fsp3) is 0.111. The van der Waals surface area contributed by atoms with E-state index in [0.29, 0.717) is 12.1 Å². The predicted octanol–water partition coefficient (Wildman–Crippen LogP) is 4.21. The molecule has 1 heteroatoms. The molecule has 0 spiro atoms. The van der Waals surface area contributed by atoms with Gasteiger partial charge in [-0.2, -0.15) is 0 Å². The Morgan fingerprint density at radius 2 is 1.47 bits per heavy atom. The summed E-state index contributed by atoms with van der Waals surface area (Å²) in [6.07, 6.45) is 0. The van der Waals surface area contributed by atoms with Gasteiger partial charge in [0.2, 0.25) is 0 Å². The van der Waals surface area contributed by atoms with Crippen LogP contribution in [0.25, 0.3) is 21.9 Å². The monoisotopic (exact) mass is 243 g/mol. The molecule has 1 saturated heterocycles. The summed E-state index contributed by atoms with van der Waals surface area (Å²) in [5, 5.41) is 6.31. The highest BCUT2D eigenvalue weighted by atomic mass is 15.2. The molecule has 5 rings (SSSR count). The first-order chi connectivity index (χ1) is 9.43. The number of fused-ring (bicyclic) bond motifs is 8. The Morgan fingerprint density at radius 1 is 0.684 bits per heavy atom. The third kappa shape index (κ3) is 1.18. The molecule has 0 aromatic heterocycles. The van der Waals surface area contributed by atoms with Gasteiger partial charge in [-0.25, -0.2) is 0 Å². The van der Waals surface area contributed by atoms with Gasteiger partial charge < -0.3 is 0 Å². The van der Waals surface area contributed by atoms with Gasteiger partial charge in [-0.05, 0) is 33.0 Å². The van der Waals surface area contributed by atoms with Crippen LogP contribution in [-0.2, 0) is 0 Å². The van der Waals surface area contributed by atoms with Crippen molar-refractivity contribution in [3.8, 4) is 11.1 Å². The molecule has 1 aliphatic carbocycles. The number of nitrogens with one attached hydrogen (secondary N) is 1. The zero-order valence-electron chi connectivity index (χ0n) is 10.4. The van der Waals surface area contributed by atoms with Crippen LogP contribution in [0.1, 0.15) is 23.2 Å². The average Bonchev–Trinajstić information content (AvgIpc) is 3.27. The Hall–Kier alpha value is -2.12. The van der Waals surface area contributed by atoms with E-state index in [4.69, 9.17) is 0 Å². The van der Waals surface area contributed by atoms with Gasteiger partial charge >= 0.3 is 0 Å². The number of hydrogen-bond acceptors (Lipinski definition) is 1. The predicted molar refractivity (Wildman–Crippen MR) is 78.0 cm³/mol. The van der Waals surface area contributed by atoms with Gasteiger partial charge in [0.15, 0.2) is 0 Å². The Labute approximate surface area is 111 Å². The van der Waals surface area contributed by atoms with E-state index in [1.807, 2.05) is 0 Å². The normalized spacial score (nSPS) is 22.5. The lowest BCUT2D eigenvalue weighted by atomic mass is 9.83. The molecule has 1 aliphatic heterocycles. The Balaban J connectivity index is 1.97. The second kappa shape index (κ2) is 3.25. The third-order valence-corrected chi connectivity index (χ3v) is 4.44. The molecule has 1 fully saturated rings. The molecule has 19 heavy (non-hydrogen) atoms. The molecule has 0 radical (unpaired) electrons. The fourth-order valence-electron chi connectivity index (χ4n) is 3.52. The Bertz CT molecular complexity index is 819. The molecule has 3 aromatic carbocycles. The summed E-state index contributed by atoms with van der Waals surface area (Å²) in [6.45, 7) is 0. The van der Waals surface area contributed by atoms with Gasteiger partial charge in [-0.15, -0.1) is 0 Å². The number of rotatable bonds is 0. The van der Waals surface area contributed by atoms with Crippen molar-refractivity contribution in [3.05, 3.63) is 71.8 Å². The summed E-state index contributed by atoms with van der Waals surface area (Å²) < 4.78 is 0. The van der Waals surface area contributed by atoms with E-state index in [1.54, 1.807) is 0 Å². The summed E-state index contributed by atoms with van der Waals surface area (Å²) in [4.78, 5) is 0. The zero-order valence-corrected chi connectivity index (χ0v) is 10.4. The van der Waals surface area contributed by atoms with Crippen molar-refractivity contribution in [2.24, 2.45) is 0 Å². The van der Waals surface area contributed by atoms with E-state index < -0.39 is 0 Å². The SMILES string of the molecule is c1ccc2c(c1)-c1c(ccc3ccccc13)[C@H]1N[C@@H]21. The van der Waals surface area contributed by atoms with E-state index in [-0.39, 0.29) is 0 Å². The molecule has 0 amide bonds. The van der Waals surface area contributed by atoms with Crippen LogP contribution in [0.2, 0.25) is 0 Å². The van der Waals surface area contributed by atoms with Gasteiger partial charge in [0.1, 0.15) is 0 Å². The summed E-state index contributed by atoms with van der Waals surface area (Å²) in [7, 11) is 0. The van der Waals surface area contributed by atoms with Crippen molar-refractivity contribution in [2.75, 3.05) is 0 Å². The van der Waals surface area contributed by atoms with Crippen molar-refractivity contribution in [2.45, 2.75) is 12.1 Å². The molecule has 1 heterocycles. The highest BCUT2D eigenvalue weighted by Crippen LogP contribution is 2.54. The van der Waals surface area contributed by atoms with Gasteiger partial charge in [0, 0.05) is 0 Å².